The summed E-state index contributed by atoms with van der Waals surface area (Å²) in [7, 11) is 0. The van der Waals surface area contributed by atoms with Gasteiger partial charge in [0.05, 0.1) is 4.92 Å². The monoisotopic (exact) mass is 196 g/mol. The summed E-state index contributed by atoms with van der Waals surface area (Å²) >= 11 is 0. The first kappa shape index (κ1) is 9.08. The summed E-state index contributed by atoms with van der Waals surface area (Å²) < 4.78 is 12.9. The van der Waals surface area contributed by atoms with E-state index in [2.05, 4.69) is 0 Å². The summed E-state index contributed by atoms with van der Waals surface area (Å²) in [5.74, 6) is -0.817. The third kappa shape index (κ3) is 1.35. The molecule has 0 amide bonds. The van der Waals surface area contributed by atoms with Crippen molar-refractivity contribution in [2.75, 3.05) is 0 Å². The summed E-state index contributed by atoms with van der Waals surface area (Å²) in [6, 6.07) is 3.83. The number of hydrogen-bond donors (Lipinski definition) is 1. The third-order valence-corrected chi connectivity index (χ3v) is 2.51. The van der Waals surface area contributed by atoms with Crippen LogP contribution in [0.15, 0.2) is 18.2 Å². The maximum atomic E-state index is 12.9. The quantitative estimate of drug-likeness (QED) is 0.577. The molecule has 1 aliphatic carbocycles. The molecule has 0 bridgehead atoms. The first-order valence-electron chi connectivity index (χ1n) is 4.26. The molecular formula is C9H9FN2O2. The molecule has 0 unspecified atom stereocenters. The minimum atomic E-state index is -0.817. The van der Waals surface area contributed by atoms with E-state index in [4.69, 9.17) is 5.73 Å². The minimum absolute atomic E-state index is 0.460. The van der Waals surface area contributed by atoms with Gasteiger partial charge in [-0.1, -0.05) is 6.07 Å². The summed E-state index contributed by atoms with van der Waals surface area (Å²) in [6.07, 6.45) is 1.60. The number of nitrogens with two attached hydrogens (primary N) is 1. The molecule has 1 aliphatic rings. The Balaban J connectivity index is 2.46. The molecule has 0 atom stereocenters. The van der Waals surface area contributed by atoms with Gasteiger partial charge >= 0.3 is 5.69 Å². The first-order valence-corrected chi connectivity index (χ1v) is 4.26. The minimum Gasteiger partial charge on any atom is -0.321 e. The van der Waals surface area contributed by atoms with E-state index < -0.39 is 22.0 Å². The molecule has 74 valence electrons. The molecule has 14 heavy (non-hydrogen) atoms. The van der Waals surface area contributed by atoms with E-state index in [1.54, 1.807) is 0 Å². The van der Waals surface area contributed by atoms with Crippen LogP contribution >= 0.6 is 0 Å². The average molecular weight is 196 g/mol. The highest BCUT2D eigenvalue weighted by atomic mass is 19.1. The van der Waals surface area contributed by atoms with Gasteiger partial charge in [0.15, 0.2) is 0 Å². The molecule has 1 aromatic rings. The highest BCUT2D eigenvalue weighted by Crippen LogP contribution is 2.43. The van der Waals surface area contributed by atoms with Crippen molar-refractivity contribution in [2.24, 2.45) is 5.73 Å². The van der Waals surface area contributed by atoms with Crippen LogP contribution in [0.5, 0.6) is 0 Å². The second-order valence-electron chi connectivity index (χ2n) is 3.58. The van der Waals surface area contributed by atoms with Crippen molar-refractivity contribution in [1.29, 1.82) is 0 Å². The van der Waals surface area contributed by atoms with Crippen molar-refractivity contribution in [2.45, 2.75) is 18.4 Å². The molecule has 1 aromatic carbocycles. The van der Waals surface area contributed by atoms with Crippen LogP contribution in [0.2, 0.25) is 0 Å². The number of benzene rings is 1. The molecule has 0 aliphatic heterocycles. The van der Waals surface area contributed by atoms with Crippen LogP contribution in [0.4, 0.5) is 10.1 Å². The van der Waals surface area contributed by atoms with Crippen LogP contribution in [0.3, 0.4) is 0 Å². The number of nitro groups is 1. The Bertz CT molecular complexity index is 402. The fourth-order valence-corrected chi connectivity index (χ4v) is 1.39. The van der Waals surface area contributed by atoms with E-state index in [0.29, 0.717) is 5.56 Å². The van der Waals surface area contributed by atoms with Gasteiger partial charge in [0.1, 0.15) is 0 Å². The smallest absolute Gasteiger partial charge is 0.305 e. The molecule has 0 saturated heterocycles. The van der Waals surface area contributed by atoms with Gasteiger partial charge in [0, 0.05) is 11.6 Å². The van der Waals surface area contributed by atoms with Crippen molar-refractivity contribution in [3.63, 3.8) is 0 Å². The zero-order chi connectivity index (χ0) is 10.3. The van der Waals surface area contributed by atoms with Crippen LogP contribution in [0, 0.1) is 15.9 Å². The first-order chi connectivity index (χ1) is 6.53. The van der Waals surface area contributed by atoms with Crippen LogP contribution < -0.4 is 5.73 Å². The number of nitrogens with zero attached hydrogens (tertiary/aromatic N) is 1. The molecule has 0 radical (unpaired) electrons. The molecule has 4 nitrogen and oxygen atoms in total. The van der Waals surface area contributed by atoms with Gasteiger partial charge in [-0.2, -0.15) is 4.39 Å². The lowest BCUT2D eigenvalue weighted by atomic mass is 10.1. The van der Waals surface area contributed by atoms with E-state index in [1.165, 1.54) is 12.1 Å². The molecular weight excluding hydrogens is 187 g/mol. The van der Waals surface area contributed by atoms with Gasteiger partial charge < -0.3 is 5.73 Å². The largest absolute Gasteiger partial charge is 0.321 e. The predicted molar refractivity (Wildman–Crippen MR) is 48.2 cm³/mol. The summed E-state index contributed by atoms with van der Waals surface area (Å²) in [6.45, 7) is 0. The van der Waals surface area contributed by atoms with Gasteiger partial charge in [-0.15, -0.1) is 0 Å². The highest BCUT2D eigenvalue weighted by molar-refractivity contribution is 5.41. The zero-order valence-corrected chi connectivity index (χ0v) is 7.37. The maximum Gasteiger partial charge on any atom is 0.305 e. The van der Waals surface area contributed by atoms with Crippen molar-refractivity contribution in [1.82, 2.24) is 0 Å². The van der Waals surface area contributed by atoms with Gasteiger partial charge in [-0.25, -0.2) is 0 Å². The number of hydrogen-bond acceptors (Lipinski definition) is 3. The van der Waals surface area contributed by atoms with Gasteiger partial charge in [0.2, 0.25) is 5.82 Å². The third-order valence-electron chi connectivity index (χ3n) is 2.51. The van der Waals surface area contributed by atoms with E-state index >= 15 is 0 Å². The summed E-state index contributed by atoms with van der Waals surface area (Å²) in [5.41, 5.74) is 5.53. The molecule has 2 rings (SSSR count). The Morgan fingerprint density at radius 2 is 2.14 bits per heavy atom. The number of nitro benzene ring substituents is 1. The maximum absolute atomic E-state index is 12.9. The summed E-state index contributed by atoms with van der Waals surface area (Å²) in [5, 5.41) is 10.4. The van der Waals surface area contributed by atoms with E-state index in [-0.39, 0.29) is 0 Å². The van der Waals surface area contributed by atoms with Crippen LogP contribution in [0.1, 0.15) is 18.4 Å². The molecule has 1 fully saturated rings. The van der Waals surface area contributed by atoms with Crippen molar-refractivity contribution < 1.29 is 9.31 Å². The zero-order valence-electron chi connectivity index (χ0n) is 7.37. The lowest BCUT2D eigenvalue weighted by Gasteiger charge is -2.08. The second-order valence-corrected chi connectivity index (χ2v) is 3.58. The highest BCUT2D eigenvalue weighted by Gasteiger charge is 2.41. The lowest BCUT2D eigenvalue weighted by molar-refractivity contribution is -0.387. The SMILES string of the molecule is NC1(c2ccc(F)c([N+](=O)[O-])c2)CC1. The molecule has 0 aromatic heterocycles. The molecule has 0 heterocycles. The molecule has 5 heteroatoms. The topological polar surface area (TPSA) is 69.2 Å². The van der Waals surface area contributed by atoms with Crippen LogP contribution in [-0.4, -0.2) is 4.92 Å². The standard InChI is InChI=1S/C9H9FN2O2/c10-7-2-1-6(9(11)3-4-9)5-8(7)12(13)14/h1-2,5H,3-4,11H2. The number of rotatable bonds is 2. The van der Waals surface area contributed by atoms with Gasteiger partial charge in [-0.05, 0) is 24.5 Å². The number of halogens is 1. The fourth-order valence-electron chi connectivity index (χ4n) is 1.39. The molecule has 1 saturated carbocycles. The average Bonchev–Trinajstić information content (AvgIpc) is 2.85. The fraction of sp³-hybridized carbons (Fsp3) is 0.333. The van der Waals surface area contributed by atoms with Gasteiger partial charge in [-0.3, -0.25) is 10.1 Å². The lowest BCUT2D eigenvalue weighted by Crippen LogP contribution is -2.18. The molecule has 2 N–H and O–H groups in total. The van der Waals surface area contributed by atoms with Crippen LogP contribution in [0.25, 0.3) is 0 Å². The predicted octanol–water partition coefficient (Wildman–Crippen LogP) is 1.68. The van der Waals surface area contributed by atoms with E-state index in [9.17, 15) is 14.5 Å². The Morgan fingerprint density at radius 1 is 1.50 bits per heavy atom. The second kappa shape index (κ2) is 2.75. The van der Waals surface area contributed by atoms with E-state index in [1.807, 2.05) is 0 Å². The van der Waals surface area contributed by atoms with Crippen molar-refractivity contribution in [3.8, 4) is 0 Å². The Morgan fingerprint density at radius 3 is 2.64 bits per heavy atom. The van der Waals surface area contributed by atoms with Crippen LogP contribution in [-0.2, 0) is 5.54 Å². The Kier molecular flexibility index (Phi) is 1.78. The Hall–Kier alpha value is -1.49. The van der Waals surface area contributed by atoms with E-state index in [0.717, 1.165) is 18.9 Å². The van der Waals surface area contributed by atoms with Crippen molar-refractivity contribution in [3.05, 3.63) is 39.7 Å². The normalized spacial score (nSPS) is 17.9. The Labute approximate surface area is 79.7 Å². The molecule has 0 spiro atoms. The summed E-state index contributed by atoms with van der Waals surface area (Å²) in [4.78, 5) is 9.71. The van der Waals surface area contributed by atoms with Crippen molar-refractivity contribution >= 4 is 5.69 Å². The van der Waals surface area contributed by atoms with Gasteiger partial charge in [0.25, 0.3) is 0 Å².